The van der Waals surface area contributed by atoms with Gasteiger partial charge in [0.2, 0.25) is 0 Å². The third-order valence-electron chi connectivity index (χ3n) is 11.4. The molecule has 0 aromatic heterocycles. The van der Waals surface area contributed by atoms with Gasteiger partial charge in [-0.05, 0) is 70.6 Å². The first-order valence-electron chi connectivity index (χ1n) is 26.0. The Morgan fingerprint density at radius 2 is 0.617 bits per heavy atom. The largest absolute Gasteiger partial charge is 0.462 e. The van der Waals surface area contributed by atoms with Crippen LogP contribution in [0.5, 0.6) is 0 Å². The van der Waals surface area contributed by atoms with Gasteiger partial charge >= 0.3 is 17.9 Å². The molecule has 0 fully saturated rings. The van der Waals surface area contributed by atoms with Crippen LogP contribution in [0.4, 0.5) is 0 Å². The second-order valence-corrected chi connectivity index (χ2v) is 17.4. The van der Waals surface area contributed by atoms with Gasteiger partial charge in [0.25, 0.3) is 0 Å². The van der Waals surface area contributed by atoms with Crippen LogP contribution >= 0.6 is 0 Å². The Hall–Kier alpha value is -2.37. The summed E-state index contributed by atoms with van der Waals surface area (Å²) in [4.78, 5) is 37.9. The van der Waals surface area contributed by atoms with Crippen molar-refractivity contribution >= 4 is 17.9 Å². The van der Waals surface area contributed by atoms with Crippen LogP contribution in [0.1, 0.15) is 271 Å². The summed E-state index contributed by atoms with van der Waals surface area (Å²) in [5.74, 6) is -0.880. The molecule has 0 N–H and O–H groups in total. The molecular formula is C54H98O6. The lowest BCUT2D eigenvalue weighted by molar-refractivity contribution is -0.167. The Labute approximate surface area is 372 Å². The van der Waals surface area contributed by atoms with Crippen molar-refractivity contribution < 1.29 is 28.6 Å². The summed E-state index contributed by atoms with van der Waals surface area (Å²) in [6.45, 7) is 6.58. The maximum atomic E-state index is 12.7. The van der Waals surface area contributed by atoms with Gasteiger partial charge < -0.3 is 14.2 Å². The fourth-order valence-electron chi connectivity index (χ4n) is 7.39. The molecule has 0 unspecified atom stereocenters. The number of carbonyl (C=O) groups is 3. The van der Waals surface area contributed by atoms with Crippen molar-refractivity contribution in [2.75, 3.05) is 13.2 Å². The summed E-state index contributed by atoms with van der Waals surface area (Å²) >= 11 is 0. The Morgan fingerprint density at radius 1 is 0.333 bits per heavy atom. The molecule has 0 heterocycles. The van der Waals surface area contributed by atoms with Gasteiger partial charge in [-0.15, -0.1) is 0 Å². The van der Waals surface area contributed by atoms with Gasteiger partial charge in [0.1, 0.15) is 13.2 Å². The number of carbonyl (C=O) groups excluding carboxylic acids is 3. The van der Waals surface area contributed by atoms with Gasteiger partial charge in [-0.3, -0.25) is 14.4 Å². The zero-order valence-electron chi connectivity index (χ0n) is 40.0. The standard InChI is InChI=1S/C54H98O6/c1-4-7-10-13-16-19-22-24-25-26-27-28-29-30-33-35-38-41-44-47-53(56)59-50-51(60-54(57)48-45-42-39-36-31-21-18-15-12-9-6-3)49-58-52(55)46-43-40-37-34-32-23-20-17-14-11-8-5-2/h15-16,18-19,24-25,51H,4-14,17,20-23,26-50H2,1-3H3/b18-15-,19-16-,25-24-/t51-/m0/s1. The fourth-order valence-corrected chi connectivity index (χ4v) is 7.39. The third-order valence-corrected chi connectivity index (χ3v) is 11.4. The molecule has 0 amide bonds. The van der Waals surface area contributed by atoms with Crippen molar-refractivity contribution in [3.63, 3.8) is 0 Å². The van der Waals surface area contributed by atoms with Gasteiger partial charge in [-0.1, -0.05) is 218 Å². The van der Waals surface area contributed by atoms with Crippen LogP contribution in [0, 0.1) is 0 Å². The molecule has 0 aromatic rings. The molecule has 6 nitrogen and oxygen atoms in total. The van der Waals surface area contributed by atoms with Crippen LogP contribution in [0.25, 0.3) is 0 Å². The highest BCUT2D eigenvalue weighted by atomic mass is 16.6. The number of rotatable bonds is 47. The fraction of sp³-hybridized carbons (Fsp3) is 0.833. The highest BCUT2D eigenvalue weighted by Crippen LogP contribution is 2.15. The SMILES string of the molecule is CCCC/C=C\CCCCCCCC(=O)O[C@H](COC(=O)CCCCCCCCCCC/C=C\C/C=C\CCCCC)COC(=O)CCCCCCCCCCCCCC. The van der Waals surface area contributed by atoms with Crippen LogP contribution < -0.4 is 0 Å². The minimum Gasteiger partial charge on any atom is -0.462 e. The number of ether oxygens (including phenoxy) is 3. The molecule has 1 atom stereocenters. The van der Waals surface area contributed by atoms with Gasteiger partial charge in [0.15, 0.2) is 6.10 Å². The topological polar surface area (TPSA) is 78.9 Å². The first-order chi connectivity index (χ1) is 29.5. The smallest absolute Gasteiger partial charge is 0.306 e. The van der Waals surface area contributed by atoms with Crippen LogP contribution in [0.15, 0.2) is 36.5 Å². The Bertz CT molecular complexity index is 1020. The highest BCUT2D eigenvalue weighted by molar-refractivity contribution is 5.71. The van der Waals surface area contributed by atoms with Crippen LogP contribution in [0.3, 0.4) is 0 Å². The summed E-state index contributed by atoms with van der Waals surface area (Å²) in [6.07, 6.45) is 57.0. The predicted molar refractivity (Wildman–Crippen MR) is 256 cm³/mol. The molecule has 0 aliphatic rings. The lowest BCUT2D eigenvalue weighted by atomic mass is 10.0. The number of hydrogen-bond acceptors (Lipinski definition) is 6. The third kappa shape index (κ3) is 46.7. The van der Waals surface area contributed by atoms with E-state index in [2.05, 4.69) is 57.2 Å². The van der Waals surface area contributed by atoms with E-state index in [4.69, 9.17) is 14.2 Å². The monoisotopic (exact) mass is 843 g/mol. The molecule has 0 aromatic carbocycles. The lowest BCUT2D eigenvalue weighted by Crippen LogP contribution is -2.30. The maximum Gasteiger partial charge on any atom is 0.306 e. The predicted octanol–water partition coefficient (Wildman–Crippen LogP) is 16.9. The van der Waals surface area contributed by atoms with Gasteiger partial charge in [0.05, 0.1) is 0 Å². The second kappa shape index (κ2) is 49.3. The minimum atomic E-state index is -0.773. The van der Waals surface area contributed by atoms with Crippen molar-refractivity contribution in [1.29, 1.82) is 0 Å². The van der Waals surface area contributed by atoms with Crippen molar-refractivity contribution in [2.45, 2.75) is 277 Å². The first kappa shape index (κ1) is 57.6. The van der Waals surface area contributed by atoms with E-state index in [1.54, 1.807) is 0 Å². The molecule has 0 aliphatic carbocycles. The van der Waals surface area contributed by atoms with Crippen molar-refractivity contribution in [1.82, 2.24) is 0 Å². The van der Waals surface area contributed by atoms with Gasteiger partial charge in [-0.2, -0.15) is 0 Å². The van der Waals surface area contributed by atoms with Crippen molar-refractivity contribution in [2.24, 2.45) is 0 Å². The first-order valence-corrected chi connectivity index (χ1v) is 26.0. The highest BCUT2D eigenvalue weighted by Gasteiger charge is 2.19. The van der Waals surface area contributed by atoms with E-state index >= 15 is 0 Å². The summed E-state index contributed by atoms with van der Waals surface area (Å²) in [6, 6.07) is 0. The number of hydrogen-bond donors (Lipinski definition) is 0. The number of esters is 3. The quantitative estimate of drug-likeness (QED) is 0.0263. The van der Waals surface area contributed by atoms with Crippen molar-refractivity contribution in [3.05, 3.63) is 36.5 Å². The molecular weight excluding hydrogens is 745 g/mol. The molecule has 0 rings (SSSR count). The van der Waals surface area contributed by atoms with E-state index in [-0.39, 0.29) is 31.1 Å². The van der Waals surface area contributed by atoms with E-state index in [1.165, 1.54) is 154 Å². The number of allylic oxidation sites excluding steroid dienone is 6. The van der Waals surface area contributed by atoms with Gasteiger partial charge in [-0.25, -0.2) is 0 Å². The second-order valence-electron chi connectivity index (χ2n) is 17.4. The van der Waals surface area contributed by atoms with E-state index < -0.39 is 6.10 Å². The summed E-state index contributed by atoms with van der Waals surface area (Å²) < 4.78 is 16.8. The molecule has 0 radical (unpaired) electrons. The van der Waals surface area contributed by atoms with E-state index in [9.17, 15) is 14.4 Å². The normalized spacial score (nSPS) is 12.2. The minimum absolute atomic E-state index is 0.0740. The molecule has 60 heavy (non-hydrogen) atoms. The Morgan fingerprint density at radius 3 is 1.02 bits per heavy atom. The zero-order chi connectivity index (χ0) is 43.7. The average molecular weight is 843 g/mol. The molecule has 0 aliphatic heterocycles. The average Bonchev–Trinajstić information content (AvgIpc) is 3.24. The van der Waals surface area contributed by atoms with Gasteiger partial charge in [0, 0.05) is 19.3 Å². The summed E-state index contributed by atoms with van der Waals surface area (Å²) in [5, 5.41) is 0. The maximum absolute atomic E-state index is 12.7. The van der Waals surface area contributed by atoms with E-state index in [0.29, 0.717) is 19.3 Å². The van der Waals surface area contributed by atoms with Crippen molar-refractivity contribution in [3.8, 4) is 0 Å². The zero-order valence-corrected chi connectivity index (χ0v) is 40.0. The molecule has 0 saturated carbocycles. The molecule has 0 bridgehead atoms. The molecule has 0 saturated heterocycles. The molecule has 0 spiro atoms. The molecule has 6 heteroatoms. The van der Waals surface area contributed by atoms with E-state index in [0.717, 1.165) is 77.0 Å². The molecule has 350 valence electrons. The number of unbranched alkanes of at least 4 members (excludes halogenated alkanes) is 30. The lowest BCUT2D eigenvalue weighted by Gasteiger charge is -2.18. The Kier molecular flexibility index (Phi) is 47.3. The summed E-state index contributed by atoms with van der Waals surface area (Å²) in [7, 11) is 0. The van der Waals surface area contributed by atoms with Crippen LogP contribution in [-0.4, -0.2) is 37.2 Å². The van der Waals surface area contributed by atoms with E-state index in [1.807, 2.05) is 0 Å². The van der Waals surface area contributed by atoms with Crippen LogP contribution in [-0.2, 0) is 28.6 Å². The summed E-state index contributed by atoms with van der Waals surface area (Å²) in [5.41, 5.74) is 0. The Balaban J connectivity index is 4.29. The van der Waals surface area contributed by atoms with Crippen LogP contribution in [0.2, 0.25) is 0 Å².